The maximum Gasteiger partial charge on any atom is 0.0716 e. The van der Waals surface area contributed by atoms with Crippen molar-refractivity contribution in [2.45, 2.75) is 64.9 Å². The normalized spacial score (nSPS) is 18.6. The van der Waals surface area contributed by atoms with Gasteiger partial charge in [-0.25, -0.2) is 0 Å². The zero-order valence-electron chi connectivity index (χ0n) is 20.3. The molecule has 0 unspecified atom stereocenters. The van der Waals surface area contributed by atoms with Crippen molar-refractivity contribution in [1.82, 2.24) is 0 Å². The summed E-state index contributed by atoms with van der Waals surface area (Å²) in [6, 6.07) is 27.0. The van der Waals surface area contributed by atoms with Gasteiger partial charge in [0.05, 0.1) is 6.61 Å². The van der Waals surface area contributed by atoms with Gasteiger partial charge in [0, 0.05) is 6.61 Å². The molecule has 1 aliphatic carbocycles. The van der Waals surface area contributed by atoms with E-state index < -0.39 is 0 Å². The molecule has 0 saturated heterocycles. The Balaban J connectivity index is 1.34. The lowest BCUT2D eigenvalue weighted by Crippen LogP contribution is -2.13. The molecule has 33 heavy (non-hydrogen) atoms. The molecular formula is C32H38O. The van der Waals surface area contributed by atoms with Gasteiger partial charge >= 0.3 is 0 Å². The zero-order valence-corrected chi connectivity index (χ0v) is 20.3. The Bertz CT molecular complexity index is 988. The Kier molecular flexibility index (Phi) is 8.55. The SMILES string of the molecule is CC=CCCC1CCC(c2ccc(-c3ccc(-c4ccc(COCC)cc4)cc3)cc2)CC1. The first-order valence-electron chi connectivity index (χ1n) is 12.8. The van der Waals surface area contributed by atoms with Crippen molar-refractivity contribution in [1.29, 1.82) is 0 Å². The molecule has 4 rings (SSSR count). The Labute approximate surface area is 200 Å². The second-order valence-corrected chi connectivity index (χ2v) is 9.40. The summed E-state index contributed by atoms with van der Waals surface area (Å²) in [5, 5.41) is 0. The lowest BCUT2D eigenvalue weighted by molar-refractivity contribution is 0.134. The monoisotopic (exact) mass is 438 g/mol. The summed E-state index contributed by atoms with van der Waals surface area (Å²) in [5.74, 6) is 1.67. The molecule has 0 aliphatic heterocycles. The number of hydrogen-bond acceptors (Lipinski definition) is 1. The van der Waals surface area contributed by atoms with Crippen LogP contribution in [0.3, 0.4) is 0 Å². The predicted octanol–water partition coefficient (Wildman–Crippen LogP) is 9.19. The fourth-order valence-corrected chi connectivity index (χ4v) is 5.10. The average Bonchev–Trinajstić information content (AvgIpc) is 2.89. The fraction of sp³-hybridized carbons (Fsp3) is 0.375. The van der Waals surface area contributed by atoms with Crippen molar-refractivity contribution in [3.05, 3.63) is 96.1 Å². The molecule has 172 valence electrons. The summed E-state index contributed by atoms with van der Waals surface area (Å²) in [6.45, 7) is 5.59. The fourth-order valence-electron chi connectivity index (χ4n) is 5.10. The summed E-state index contributed by atoms with van der Waals surface area (Å²) < 4.78 is 5.50. The van der Waals surface area contributed by atoms with Crippen molar-refractivity contribution in [3.8, 4) is 22.3 Å². The lowest BCUT2D eigenvalue weighted by Gasteiger charge is -2.28. The maximum absolute atomic E-state index is 5.50. The van der Waals surface area contributed by atoms with Crippen molar-refractivity contribution in [2.24, 2.45) is 5.92 Å². The molecule has 0 spiro atoms. The van der Waals surface area contributed by atoms with Gasteiger partial charge in [0.1, 0.15) is 0 Å². The molecule has 0 bridgehead atoms. The van der Waals surface area contributed by atoms with Gasteiger partial charge in [-0.2, -0.15) is 0 Å². The highest BCUT2D eigenvalue weighted by Gasteiger charge is 2.21. The second-order valence-electron chi connectivity index (χ2n) is 9.40. The van der Waals surface area contributed by atoms with Gasteiger partial charge in [-0.05, 0) is 97.6 Å². The van der Waals surface area contributed by atoms with Crippen molar-refractivity contribution in [3.63, 3.8) is 0 Å². The first-order valence-corrected chi connectivity index (χ1v) is 12.8. The van der Waals surface area contributed by atoms with Gasteiger partial charge in [-0.1, -0.05) is 84.9 Å². The van der Waals surface area contributed by atoms with Gasteiger partial charge in [0.25, 0.3) is 0 Å². The summed E-state index contributed by atoms with van der Waals surface area (Å²) >= 11 is 0. The second kappa shape index (κ2) is 12.0. The van der Waals surface area contributed by atoms with E-state index in [-0.39, 0.29) is 0 Å². The molecule has 1 fully saturated rings. The molecule has 0 N–H and O–H groups in total. The highest BCUT2D eigenvalue weighted by Crippen LogP contribution is 2.38. The quantitative estimate of drug-likeness (QED) is 0.303. The first kappa shape index (κ1) is 23.5. The van der Waals surface area contributed by atoms with Gasteiger partial charge in [0.15, 0.2) is 0 Å². The van der Waals surface area contributed by atoms with Crippen LogP contribution in [0.1, 0.15) is 69.4 Å². The van der Waals surface area contributed by atoms with Crippen LogP contribution in [-0.2, 0) is 11.3 Å². The number of ether oxygens (including phenoxy) is 1. The van der Waals surface area contributed by atoms with Crippen molar-refractivity contribution in [2.75, 3.05) is 6.61 Å². The standard InChI is InChI=1S/C32H38O/c1-3-5-6-7-25-8-12-27(13-9-25)29-16-20-31(21-17-29)32-22-18-30(19-23-32)28-14-10-26(11-15-28)24-33-4-2/h3,5,10-11,14-23,25,27H,4,6-9,12-13,24H2,1-2H3. The summed E-state index contributed by atoms with van der Waals surface area (Å²) in [6.07, 6.45) is 12.6. The van der Waals surface area contributed by atoms with Crippen LogP contribution in [0, 0.1) is 5.92 Å². The summed E-state index contributed by atoms with van der Waals surface area (Å²) in [4.78, 5) is 0. The summed E-state index contributed by atoms with van der Waals surface area (Å²) in [7, 11) is 0. The van der Waals surface area contributed by atoms with E-state index >= 15 is 0 Å². The number of rotatable bonds is 9. The van der Waals surface area contributed by atoms with Crippen molar-refractivity contribution >= 4 is 0 Å². The molecule has 0 heterocycles. The smallest absolute Gasteiger partial charge is 0.0716 e. The topological polar surface area (TPSA) is 9.23 Å². The average molecular weight is 439 g/mol. The molecule has 1 nitrogen and oxygen atoms in total. The maximum atomic E-state index is 5.50. The number of hydrogen-bond donors (Lipinski definition) is 0. The van der Waals surface area contributed by atoms with Gasteiger partial charge in [0.2, 0.25) is 0 Å². The van der Waals surface area contributed by atoms with Crippen LogP contribution in [0.5, 0.6) is 0 Å². The van der Waals surface area contributed by atoms with E-state index in [1.165, 1.54) is 71.9 Å². The minimum atomic E-state index is 0.684. The Hall–Kier alpha value is -2.64. The molecule has 0 aromatic heterocycles. The summed E-state index contributed by atoms with van der Waals surface area (Å²) in [5.41, 5.74) is 7.83. The van der Waals surface area contributed by atoms with Crippen molar-refractivity contribution < 1.29 is 4.74 Å². The Morgan fingerprint density at radius 3 is 1.76 bits per heavy atom. The van der Waals surface area contributed by atoms with Crippen LogP contribution in [0.15, 0.2) is 84.9 Å². The minimum absolute atomic E-state index is 0.684. The molecule has 0 amide bonds. The third-order valence-corrected chi connectivity index (χ3v) is 7.18. The van der Waals surface area contributed by atoms with E-state index in [9.17, 15) is 0 Å². The zero-order chi connectivity index (χ0) is 22.9. The molecule has 0 radical (unpaired) electrons. The van der Waals surface area contributed by atoms with Crippen LogP contribution < -0.4 is 0 Å². The minimum Gasteiger partial charge on any atom is -0.377 e. The highest BCUT2D eigenvalue weighted by atomic mass is 16.5. The first-order chi connectivity index (χ1) is 16.3. The Morgan fingerprint density at radius 2 is 1.24 bits per heavy atom. The lowest BCUT2D eigenvalue weighted by atomic mass is 9.77. The molecule has 0 atom stereocenters. The molecular weight excluding hydrogens is 400 g/mol. The molecule has 3 aromatic carbocycles. The van der Waals surface area contributed by atoms with E-state index in [0.29, 0.717) is 6.61 Å². The van der Waals surface area contributed by atoms with E-state index in [0.717, 1.165) is 18.4 Å². The van der Waals surface area contributed by atoms with Crippen LogP contribution in [0.2, 0.25) is 0 Å². The third kappa shape index (κ3) is 6.45. The van der Waals surface area contributed by atoms with Crippen LogP contribution >= 0.6 is 0 Å². The molecule has 1 saturated carbocycles. The highest BCUT2D eigenvalue weighted by molar-refractivity contribution is 5.70. The van der Waals surface area contributed by atoms with E-state index in [1.54, 1.807) is 0 Å². The van der Waals surface area contributed by atoms with Crippen LogP contribution in [-0.4, -0.2) is 6.61 Å². The van der Waals surface area contributed by atoms with E-state index in [1.807, 2.05) is 6.92 Å². The Morgan fingerprint density at radius 1 is 0.727 bits per heavy atom. The van der Waals surface area contributed by atoms with Gasteiger partial charge < -0.3 is 4.74 Å². The number of allylic oxidation sites excluding steroid dienone is 2. The third-order valence-electron chi connectivity index (χ3n) is 7.18. The molecule has 1 heteroatoms. The predicted molar refractivity (Wildman–Crippen MR) is 141 cm³/mol. The van der Waals surface area contributed by atoms with E-state index in [2.05, 4.69) is 91.9 Å². The van der Waals surface area contributed by atoms with Gasteiger partial charge in [-0.3, -0.25) is 0 Å². The van der Waals surface area contributed by atoms with Crippen LogP contribution in [0.25, 0.3) is 22.3 Å². The van der Waals surface area contributed by atoms with Gasteiger partial charge in [-0.15, -0.1) is 0 Å². The van der Waals surface area contributed by atoms with E-state index in [4.69, 9.17) is 4.74 Å². The number of benzene rings is 3. The molecule has 1 aliphatic rings. The largest absolute Gasteiger partial charge is 0.377 e. The molecule has 3 aromatic rings. The van der Waals surface area contributed by atoms with Crippen LogP contribution in [0.4, 0.5) is 0 Å².